The van der Waals surface area contributed by atoms with Gasteiger partial charge in [0.2, 0.25) is 0 Å². The van der Waals surface area contributed by atoms with Gasteiger partial charge in [-0.2, -0.15) is 0 Å². The van der Waals surface area contributed by atoms with Crippen LogP contribution in [0.4, 0.5) is 0 Å². The number of fused-ring (bicyclic) bond motifs is 1. The van der Waals surface area contributed by atoms with Crippen molar-refractivity contribution in [3.8, 4) is 0 Å². The number of alkyl halides is 1. The maximum atomic E-state index is 11.8. The molecule has 1 heterocycles. The van der Waals surface area contributed by atoms with Gasteiger partial charge in [0.25, 0.3) is 0 Å². The first-order valence-electron chi connectivity index (χ1n) is 7.88. The van der Waals surface area contributed by atoms with Gasteiger partial charge in [0.1, 0.15) is 0 Å². The second kappa shape index (κ2) is 5.53. The van der Waals surface area contributed by atoms with Crippen LogP contribution < -0.4 is 5.76 Å². The zero-order valence-corrected chi connectivity index (χ0v) is 13.4. The minimum absolute atomic E-state index is 0.00956. The predicted molar refractivity (Wildman–Crippen MR) is 85.9 cm³/mol. The van der Waals surface area contributed by atoms with Crippen molar-refractivity contribution in [2.24, 2.45) is 5.41 Å². The molecule has 2 aromatic rings. The van der Waals surface area contributed by atoms with Crippen LogP contribution >= 0.6 is 11.6 Å². The second-order valence-electron chi connectivity index (χ2n) is 6.12. The molecule has 1 saturated carbocycles. The Labute approximate surface area is 129 Å². The van der Waals surface area contributed by atoms with E-state index in [4.69, 9.17) is 16.0 Å². The average Bonchev–Trinajstić information content (AvgIpc) is 3.09. The van der Waals surface area contributed by atoms with Gasteiger partial charge in [0, 0.05) is 6.54 Å². The molecule has 21 heavy (non-hydrogen) atoms. The molecule has 1 aromatic carbocycles. The summed E-state index contributed by atoms with van der Waals surface area (Å²) in [6.07, 6.45) is 6.01. The minimum Gasteiger partial charge on any atom is -0.408 e. The standard InChI is InChI=1S/C17H22ClNO2/c1-3-17(9-5-6-10-17)15(18)12-7-8-13-14(11-12)21-16(20)19(13)4-2/h7-8,11,15H,3-6,9-10H2,1-2H3. The Morgan fingerprint density at radius 3 is 2.67 bits per heavy atom. The second-order valence-corrected chi connectivity index (χ2v) is 6.56. The van der Waals surface area contributed by atoms with E-state index in [9.17, 15) is 4.79 Å². The third-order valence-corrected chi connectivity index (χ3v) is 5.86. The summed E-state index contributed by atoms with van der Waals surface area (Å²) in [4.78, 5) is 11.8. The van der Waals surface area contributed by atoms with E-state index in [1.54, 1.807) is 4.57 Å². The van der Waals surface area contributed by atoms with E-state index in [0.29, 0.717) is 12.1 Å². The largest absolute Gasteiger partial charge is 0.419 e. The van der Waals surface area contributed by atoms with Crippen molar-refractivity contribution in [3.63, 3.8) is 0 Å². The highest BCUT2D eigenvalue weighted by Gasteiger charge is 2.39. The van der Waals surface area contributed by atoms with Crippen molar-refractivity contribution in [3.05, 3.63) is 34.3 Å². The molecule has 4 heteroatoms. The Balaban J connectivity index is 2.03. The molecule has 0 saturated heterocycles. The number of benzene rings is 1. The number of oxazole rings is 1. The van der Waals surface area contributed by atoms with E-state index in [1.807, 2.05) is 19.1 Å². The van der Waals surface area contributed by atoms with E-state index in [0.717, 1.165) is 17.5 Å². The summed E-state index contributed by atoms with van der Waals surface area (Å²) in [7, 11) is 0. The molecule has 0 amide bonds. The van der Waals surface area contributed by atoms with Crippen LogP contribution in [0.15, 0.2) is 27.4 Å². The quantitative estimate of drug-likeness (QED) is 0.756. The summed E-state index contributed by atoms with van der Waals surface area (Å²) in [5, 5.41) is -0.00956. The van der Waals surface area contributed by atoms with Gasteiger partial charge in [-0.15, -0.1) is 11.6 Å². The molecular formula is C17H22ClNO2. The smallest absolute Gasteiger partial charge is 0.408 e. The number of halogens is 1. The third-order valence-electron chi connectivity index (χ3n) is 5.14. The summed E-state index contributed by atoms with van der Waals surface area (Å²) in [6.45, 7) is 4.79. The Bertz CT molecular complexity index is 694. The first-order valence-corrected chi connectivity index (χ1v) is 8.32. The summed E-state index contributed by atoms with van der Waals surface area (Å²) in [5.41, 5.74) is 2.77. The molecule has 114 valence electrons. The number of hydrogen-bond acceptors (Lipinski definition) is 2. The maximum Gasteiger partial charge on any atom is 0.419 e. The molecule has 1 aliphatic rings. The Hall–Kier alpha value is -1.22. The molecule has 1 aliphatic carbocycles. The zero-order chi connectivity index (χ0) is 15.0. The van der Waals surface area contributed by atoms with Crippen molar-refractivity contribution < 1.29 is 4.42 Å². The van der Waals surface area contributed by atoms with Crippen LogP contribution in [0.3, 0.4) is 0 Å². The van der Waals surface area contributed by atoms with E-state index >= 15 is 0 Å². The fourth-order valence-electron chi connectivity index (χ4n) is 3.76. The summed E-state index contributed by atoms with van der Waals surface area (Å²) in [5.74, 6) is -0.290. The normalized spacial score (nSPS) is 19.2. The van der Waals surface area contributed by atoms with Crippen molar-refractivity contribution in [1.29, 1.82) is 0 Å². The van der Waals surface area contributed by atoms with Gasteiger partial charge in [-0.1, -0.05) is 25.8 Å². The van der Waals surface area contributed by atoms with Gasteiger partial charge in [0.05, 0.1) is 10.9 Å². The molecule has 1 fully saturated rings. The van der Waals surface area contributed by atoms with Crippen molar-refractivity contribution in [2.45, 2.75) is 57.9 Å². The fourth-order valence-corrected chi connectivity index (χ4v) is 4.27. The molecule has 0 N–H and O–H groups in total. The molecule has 0 radical (unpaired) electrons. The summed E-state index contributed by atoms with van der Waals surface area (Å²) in [6, 6.07) is 5.97. The lowest BCUT2D eigenvalue weighted by molar-refractivity contribution is 0.271. The Morgan fingerprint density at radius 2 is 2.05 bits per heavy atom. The number of hydrogen-bond donors (Lipinski definition) is 0. The fraction of sp³-hybridized carbons (Fsp3) is 0.588. The SMILES string of the molecule is CCn1c(=O)oc2cc(C(Cl)C3(CC)CCCC3)ccc21. The third kappa shape index (κ3) is 2.32. The molecule has 0 spiro atoms. The highest BCUT2D eigenvalue weighted by Crippen LogP contribution is 2.53. The van der Waals surface area contributed by atoms with Gasteiger partial charge in [0.15, 0.2) is 5.58 Å². The van der Waals surface area contributed by atoms with Crippen LogP contribution in [-0.4, -0.2) is 4.57 Å². The highest BCUT2D eigenvalue weighted by molar-refractivity contribution is 6.21. The average molecular weight is 308 g/mol. The Morgan fingerprint density at radius 1 is 1.33 bits per heavy atom. The first-order chi connectivity index (χ1) is 10.1. The molecule has 1 aromatic heterocycles. The van der Waals surface area contributed by atoms with Crippen LogP contribution in [0.1, 0.15) is 56.9 Å². The van der Waals surface area contributed by atoms with Crippen molar-refractivity contribution >= 4 is 22.7 Å². The predicted octanol–water partition coefficient (Wildman–Crippen LogP) is 4.86. The van der Waals surface area contributed by atoms with Gasteiger partial charge in [-0.25, -0.2) is 4.79 Å². The maximum absolute atomic E-state index is 11.8. The van der Waals surface area contributed by atoms with Gasteiger partial charge in [-0.3, -0.25) is 4.57 Å². The first kappa shape index (κ1) is 14.7. The molecule has 3 rings (SSSR count). The molecule has 3 nitrogen and oxygen atoms in total. The van der Waals surface area contributed by atoms with Crippen molar-refractivity contribution in [2.75, 3.05) is 0 Å². The van der Waals surface area contributed by atoms with Crippen LogP contribution in [0, 0.1) is 5.41 Å². The van der Waals surface area contributed by atoms with E-state index < -0.39 is 0 Å². The van der Waals surface area contributed by atoms with Crippen molar-refractivity contribution in [1.82, 2.24) is 4.57 Å². The molecule has 1 unspecified atom stereocenters. The number of aromatic nitrogens is 1. The van der Waals surface area contributed by atoms with Crippen LogP contribution in [0.25, 0.3) is 11.1 Å². The van der Waals surface area contributed by atoms with Gasteiger partial charge in [-0.05, 0) is 49.3 Å². The Kier molecular flexibility index (Phi) is 3.87. The topological polar surface area (TPSA) is 35.1 Å². The van der Waals surface area contributed by atoms with Gasteiger partial charge >= 0.3 is 5.76 Å². The lowest BCUT2D eigenvalue weighted by atomic mass is 9.77. The van der Waals surface area contributed by atoms with Crippen LogP contribution in [-0.2, 0) is 6.54 Å². The molecule has 0 aliphatic heterocycles. The lowest BCUT2D eigenvalue weighted by Gasteiger charge is -2.33. The molecule has 1 atom stereocenters. The summed E-state index contributed by atoms with van der Waals surface area (Å²) < 4.78 is 7.01. The lowest BCUT2D eigenvalue weighted by Crippen LogP contribution is -2.21. The van der Waals surface area contributed by atoms with E-state index in [2.05, 4.69) is 13.0 Å². The van der Waals surface area contributed by atoms with Crippen LogP contribution in [0.5, 0.6) is 0 Å². The van der Waals surface area contributed by atoms with E-state index in [1.165, 1.54) is 25.7 Å². The number of rotatable bonds is 4. The van der Waals surface area contributed by atoms with Crippen LogP contribution in [0.2, 0.25) is 0 Å². The zero-order valence-electron chi connectivity index (χ0n) is 12.7. The summed E-state index contributed by atoms with van der Waals surface area (Å²) >= 11 is 6.82. The monoisotopic (exact) mass is 307 g/mol. The highest BCUT2D eigenvalue weighted by atomic mass is 35.5. The number of nitrogens with zero attached hydrogens (tertiary/aromatic N) is 1. The van der Waals surface area contributed by atoms with E-state index in [-0.39, 0.29) is 16.5 Å². The molecule has 0 bridgehead atoms. The number of aryl methyl sites for hydroxylation is 1. The minimum atomic E-state index is -0.290. The van der Waals surface area contributed by atoms with Gasteiger partial charge < -0.3 is 4.42 Å². The molecular weight excluding hydrogens is 286 g/mol.